The van der Waals surface area contributed by atoms with Crippen molar-refractivity contribution < 1.29 is 23.1 Å². The van der Waals surface area contributed by atoms with E-state index in [1.807, 2.05) is 27.7 Å². The highest BCUT2D eigenvalue weighted by Crippen LogP contribution is 2.57. The first-order valence-electron chi connectivity index (χ1n) is 8.96. The van der Waals surface area contributed by atoms with Crippen LogP contribution < -0.4 is 0 Å². The van der Waals surface area contributed by atoms with Gasteiger partial charge in [-0.3, -0.25) is 4.57 Å². The van der Waals surface area contributed by atoms with Crippen molar-refractivity contribution in [2.45, 2.75) is 97.3 Å². The van der Waals surface area contributed by atoms with Crippen LogP contribution in [-0.2, 0) is 18.0 Å². The molecule has 0 saturated heterocycles. The lowest BCUT2D eigenvalue weighted by Crippen LogP contribution is -2.41. The van der Waals surface area contributed by atoms with Gasteiger partial charge in [-0.1, -0.05) is 20.8 Å². The van der Waals surface area contributed by atoms with Crippen LogP contribution in [0.4, 0.5) is 0 Å². The van der Waals surface area contributed by atoms with Crippen molar-refractivity contribution in [3.63, 3.8) is 0 Å². The van der Waals surface area contributed by atoms with Crippen LogP contribution in [-0.4, -0.2) is 44.5 Å². The minimum absolute atomic E-state index is 0.0440. The SMILES string of the molecule is CC(C)OP(=O)(OC(C)C)[C@@H](CCO)CCO[Si](C)(C)C(C)(C)C. The van der Waals surface area contributed by atoms with Crippen molar-refractivity contribution in [2.24, 2.45) is 0 Å². The van der Waals surface area contributed by atoms with Crippen molar-refractivity contribution in [1.82, 2.24) is 0 Å². The minimum Gasteiger partial charge on any atom is -0.417 e. The van der Waals surface area contributed by atoms with Crippen LogP contribution in [0.2, 0.25) is 18.1 Å². The predicted molar refractivity (Wildman–Crippen MR) is 103 cm³/mol. The van der Waals surface area contributed by atoms with Crippen molar-refractivity contribution >= 4 is 15.9 Å². The number of hydrogen-bond acceptors (Lipinski definition) is 5. The molecule has 0 aromatic heterocycles. The molecule has 0 radical (unpaired) electrons. The highest BCUT2D eigenvalue weighted by molar-refractivity contribution is 7.54. The second-order valence-corrected chi connectivity index (χ2v) is 15.5. The molecule has 1 N–H and O–H groups in total. The Kier molecular flexibility index (Phi) is 9.96. The number of aliphatic hydroxyl groups is 1. The fourth-order valence-electron chi connectivity index (χ4n) is 2.06. The Morgan fingerprint density at radius 1 is 1.00 bits per heavy atom. The van der Waals surface area contributed by atoms with E-state index in [0.717, 1.165) is 0 Å². The van der Waals surface area contributed by atoms with E-state index in [1.54, 1.807) is 0 Å². The molecule has 0 rings (SSSR count). The Bertz CT molecular complexity index is 390. The molecule has 0 fully saturated rings. The standard InChI is InChI=1S/C17H39O5PSi/c1-14(2)21-23(19,22-15(3)4)16(10-12-18)11-13-20-24(8,9)17(5,6)7/h14-16,18H,10-13H2,1-9H3/t16-/m0/s1. The highest BCUT2D eigenvalue weighted by atomic mass is 31.2. The van der Waals surface area contributed by atoms with Gasteiger partial charge in [0.15, 0.2) is 8.32 Å². The maximum Gasteiger partial charge on any atom is 0.334 e. The molecule has 0 bridgehead atoms. The summed E-state index contributed by atoms with van der Waals surface area (Å²) in [6.45, 7) is 18.8. The molecule has 0 heterocycles. The second kappa shape index (κ2) is 9.84. The van der Waals surface area contributed by atoms with Gasteiger partial charge in [0, 0.05) is 13.2 Å². The van der Waals surface area contributed by atoms with Gasteiger partial charge in [-0.25, -0.2) is 0 Å². The van der Waals surface area contributed by atoms with Gasteiger partial charge >= 0.3 is 7.60 Å². The minimum atomic E-state index is -3.31. The highest BCUT2D eigenvalue weighted by Gasteiger charge is 2.40. The summed E-state index contributed by atoms with van der Waals surface area (Å²) in [5.41, 5.74) is -0.350. The third-order valence-corrected chi connectivity index (χ3v) is 11.7. The average molecular weight is 383 g/mol. The van der Waals surface area contributed by atoms with E-state index in [9.17, 15) is 9.67 Å². The van der Waals surface area contributed by atoms with Gasteiger partial charge in [-0.15, -0.1) is 0 Å². The molecule has 0 aromatic rings. The lowest BCUT2D eigenvalue weighted by Gasteiger charge is -2.37. The summed E-state index contributed by atoms with van der Waals surface area (Å²) in [5.74, 6) is 0. The first-order chi connectivity index (χ1) is 10.7. The van der Waals surface area contributed by atoms with Crippen LogP contribution in [0.3, 0.4) is 0 Å². The molecule has 7 heteroatoms. The van der Waals surface area contributed by atoms with E-state index in [0.29, 0.717) is 19.4 Å². The third kappa shape index (κ3) is 8.11. The summed E-state index contributed by atoms with van der Waals surface area (Å²) < 4.78 is 30.9. The smallest absolute Gasteiger partial charge is 0.334 e. The summed E-state index contributed by atoms with van der Waals surface area (Å²) in [6, 6.07) is 0. The Hall–Kier alpha value is 0.287. The van der Waals surface area contributed by atoms with Crippen LogP contribution in [0, 0.1) is 0 Å². The van der Waals surface area contributed by atoms with Gasteiger partial charge in [0.25, 0.3) is 0 Å². The quantitative estimate of drug-likeness (QED) is 0.393. The predicted octanol–water partition coefficient (Wildman–Crippen LogP) is 5.19. The summed E-state index contributed by atoms with van der Waals surface area (Å²) in [6.07, 6.45) is 0.552. The van der Waals surface area contributed by atoms with E-state index in [2.05, 4.69) is 33.9 Å². The Balaban J connectivity index is 5.07. The number of rotatable bonds is 11. The first-order valence-corrected chi connectivity index (χ1v) is 13.5. The van der Waals surface area contributed by atoms with Crippen LogP contribution in [0.5, 0.6) is 0 Å². The zero-order chi connectivity index (χ0) is 19.2. The Labute approximate surface area is 150 Å². The largest absolute Gasteiger partial charge is 0.417 e. The van der Waals surface area contributed by atoms with Gasteiger partial charge < -0.3 is 18.6 Å². The third-order valence-electron chi connectivity index (χ3n) is 4.35. The van der Waals surface area contributed by atoms with Gasteiger partial charge in [-0.05, 0) is 58.7 Å². The molecule has 0 amide bonds. The Morgan fingerprint density at radius 2 is 1.46 bits per heavy atom. The summed E-state index contributed by atoms with van der Waals surface area (Å²) in [5, 5.41) is 9.52. The van der Waals surface area contributed by atoms with Crippen LogP contribution in [0.15, 0.2) is 0 Å². The van der Waals surface area contributed by atoms with E-state index in [4.69, 9.17) is 13.5 Å². The number of hydrogen-bond donors (Lipinski definition) is 1. The number of aliphatic hydroxyl groups excluding tert-OH is 1. The molecule has 0 unspecified atom stereocenters. The maximum atomic E-state index is 13.3. The fraction of sp³-hybridized carbons (Fsp3) is 1.00. The molecule has 5 nitrogen and oxygen atoms in total. The maximum absolute atomic E-state index is 13.3. The molecule has 146 valence electrons. The van der Waals surface area contributed by atoms with Crippen LogP contribution in [0.1, 0.15) is 61.3 Å². The molecular weight excluding hydrogens is 343 g/mol. The molecule has 24 heavy (non-hydrogen) atoms. The normalized spacial score (nSPS) is 15.3. The molecule has 0 aliphatic carbocycles. The summed E-state index contributed by atoms with van der Waals surface area (Å²) >= 11 is 0. The van der Waals surface area contributed by atoms with Crippen molar-refractivity contribution in [3.8, 4) is 0 Å². The molecular formula is C17H39O5PSi. The van der Waals surface area contributed by atoms with E-state index >= 15 is 0 Å². The van der Waals surface area contributed by atoms with Crippen molar-refractivity contribution in [1.29, 1.82) is 0 Å². The van der Waals surface area contributed by atoms with E-state index < -0.39 is 15.9 Å². The first kappa shape index (κ1) is 24.3. The van der Waals surface area contributed by atoms with Gasteiger partial charge in [0.2, 0.25) is 0 Å². The lowest BCUT2D eigenvalue weighted by atomic mass is 10.2. The van der Waals surface area contributed by atoms with Gasteiger partial charge in [0.1, 0.15) is 0 Å². The molecule has 0 spiro atoms. The molecule has 0 aromatic carbocycles. The second-order valence-electron chi connectivity index (χ2n) is 8.41. The monoisotopic (exact) mass is 382 g/mol. The zero-order valence-electron chi connectivity index (χ0n) is 17.1. The lowest BCUT2D eigenvalue weighted by molar-refractivity contribution is 0.129. The molecule has 1 atom stereocenters. The Morgan fingerprint density at radius 3 is 1.79 bits per heavy atom. The summed E-state index contributed by atoms with van der Waals surface area (Å²) in [4.78, 5) is 0. The van der Waals surface area contributed by atoms with Crippen molar-refractivity contribution in [2.75, 3.05) is 13.2 Å². The topological polar surface area (TPSA) is 65.0 Å². The van der Waals surface area contributed by atoms with Gasteiger partial charge in [-0.2, -0.15) is 0 Å². The van der Waals surface area contributed by atoms with Crippen LogP contribution >= 0.6 is 7.60 Å². The fourth-order valence-corrected chi connectivity index (χ4v) is 5.54. The van der Waals surface area contributed by atoms with Crippen LogP contribution in [0.25, 0.3) is 0 Å². The summed E-state index contributed by atoms with van der Waals surface area (Å²) in [7, 11) is -5.16. The van der Waals surface area contributed by atoms with E-state index in [-0.39, 0.29) is 29.5 Å². The average Bonchev–Trinajstić information content (AvgIpc) is 2.33. The van der Waals surface area contributed by atoms with Gasteiger partial charge in [0.05, 0.1) is 17.9 Å². The van der Waals surface area contributed by atoms with Crippen molar-refractivity contribution in [3.05, 3.63) is 0 Å². The molecule has 0 aliphatic heterocycles. The zero-order valence-corrected chi connectivity index (χ0v) is 19.0. The molecule has 0 aliphatic rings. The molecule has 0 saturated carbocycles. The van der Waals surface area contributed by atoms with E-state index in [1.165, 1.54) is 0 Å².